The van der Waals surface area contributed by atoms with Gasteiger partial charge in [-0.2, -0.15) is 13.2 Å². The maximum absolute atomic E-state index is 11.6. The minimum Gasteiger partial charge on any atom is -0.390 e. The third kappa shape index (κ3) is 6.15. The zero-order valence-electron chi connectivity index (χ0n) is 6.69. The zero-order chi connectivity index (χ0) is 9.83. The summed E-state index contributed by atoms with van der Waals surface area (Å²) in [5, 5.41) is 9.15. The predicted molar refractivity (Wildman–Crippen MR) is 36.6 cm³/mol. The van der Waals surface area contributed by atoms with Crippen molar-refractivity contribution in [1.82, 2.24) is 0 Å². The molecule has 0 aromatic carbocycles. The smallest absolute Gasteiger partial charge is 0.389 e. The molecule has 2 nitrogen and oxygen atoms in total. The summed E-state index contributed by atoms with van der Waals surface area (Å²) in [6.45, 7) is 1.22. The van der Waals surface area contributed by atoms with E-state index in [1.54, 1.807) is 0 Å². The molecule has 0 heterocycles. The Morgan fingerprint density at radius 3 is 2.17 bits per heavy atom. The Kier molecular flexibility index (Phi) is 3.70. The van der Waals surface area contributed by atoms with Gasteiger partial charge >= 0.3 is 6.18 Å². The molecule has 0 radical (unpaired) electrons. The molecule has 0 fully saturated rings. The number of hydrogen-bond donors (Lipinski definition) is 1. The maximum Gasteiger partial charge on any atom is 0.389 e. The molecule has 0 saturated carbocycles. The van der Waals surface area contributed by atoms with E-state index in [1.165, 1.54) is 6.92 Å². The van der Waals surface area contributed by atoms with Gasteiger partial charge in [0, 0.05) is 12.8 Å². The summed E-state index contributed by atoms with van der Waals surface area (Å²) in [7, 11) is 0. The Balaban J connectivity index is 3.83. The number of alkyl halides is 3. The molecule has 0 aromatic heterocycles. The minimum atomic E-state index is -4.27. The van der Waals surface area contributed by atoms with E-state index in [9.17, 15) is 18.0 Å². The summed E-state index contributed by atoms with van der Waals surface area (Å²) < 4.78 is 34.9. The van der Waals surface area contributed by atoms with E-state index in [1.807, 2.05) is 0 Å². The molecule has 72 valence electrons. The van der Waals surface area contributed by atoms with Gasteiger partial charge in [-0.1, -0.05) is 0 Å². The largest absolute Gasteiger partial charge is 0.390 e. The fraction of sp³-hybridized carbons (Fsp3) is 0.857. The van der Waals surface area contributed by atoms with E-state index in [-0.39, 0.29) is 6.42 Å². The highest BCUT2D eigenvalue weighted by molar-refractivity contribution is 5.51. The molecule has 0 bridgehead atoms. The molecular formula is C7H11F3O2. The van der Waals surface area contributed by atoms with Gasteiger partial charge in [0.1, 0.15) is 6.29 Å². The number of hydrogen-bond acceptors (Lipinski definition) is 2. The van der Waals surface area contributed by atoms with Crippen LogP contribution in [0.25, 0.3) is 0 Å². The Labute approximate surface area is 68.4 Å². The average Bonchev–Trinajstić information content (AvgIpc) is 1.83. The normalized spacial score (nSPS) is 17.1. The van der Waals surface area contributed by atoms with Crippen LogP contribution in [-0.2, 0) is 4.79 Å². The molecule has 0 spiro atoms. The minimum absolute atomic E-state index is 0.261. The first kappa shape index (κ1) is 11.4. The number of rotatable bonds is 4. The summed E-state index contributed by atoms with van der Waals surface area (Å²) in [5.41, 5.74) is -1.53. The molecule has 1 N–H and O–H groups in total. The molecule has 1 unspecified atom stereocenters. The first-order chi connectivity index (χ1) is 5.27. The van der Waals surface area contributed by atoms with E-state index >= 15 is 0 Å². The van der Waals surface area contributed by atoms with Crippen molar-refractivity contribution < 1.29 is 23.1 Å². The molecule has 0 amide bonds. The molecule has 0 aliphatic rings. The lowest BCUT2D eigenvalue weighted by Gasteiger charge is -2.20. The highest BCUT2D eigenvalue weighted by Gasteiger charge is 2.31. The van der Waals surface area contributed by atoms with Gasteiger partial charge in [0.25, 0.3) is 0 Å². The van der Waals surface area contributed by atoms with Crippen molar-refractivity contribution in [2.24, 2.45) is 0 Å². The number of carbonyl (C=O) groups excluding carboxylic acids is 1. The monoisotopic (exact) mass is 184 g/mol. The zero-order valence-corrected chi connectivity index (χ0v) is 6.69. The second kappa shape index (κ2) is 3.89. The maximum atomic E-state index is 11.6. The van der Waals surface area contributed by atoms with Gasteiger partial charge in [0.15, 0.2) is 0 Å². The molecule has 0 rings (SSSR count). The van der Waals surface area contributed by atoms with Gasteiger partial charge < -0.3 is 9.90 Å². The molecule has 0 aliphatic carbocycles. The highest BCUT2D eigenvalue weighted by atomic mass is 19.4. The summed E-state index contributed by atoms with van der Waals surface area (Å²) >= 11 is 0. The summed E-state index contributed by atoms with van der Waals surface area (Å²) in [4.78, 5) is 9.90. The van der Waals surface area contributed by atoms with Gasteiger partial charge in [-0.05, 0) is 13.3 Å². The van der Waals surface area contributed by atoms with Crippen LogP contribution in [0.5, 0.6) is 0 Å². The SMILES string of the molecule is CC(O)(CC=O)CCC(F)(F)F. The lowest BCUT2D eigenvalue weighted by molar-refractivity contribution is -0.147. The van der Waals surface area contributed by atoms with Crippen molar-refractivity contribution in [3.8, 4) is 0 Å². The van der Waals surface area contributed by atoms with Crippen molar-refractivity contribution in [3.63, 3.8) is 0 Å². The van der Waals surface area contributed by atoms with E-state index in [4.69, 9.17) is 5.11 Å². The van der Waals surface area contributed by atoms with Crippen LogP contribution in [0.4, 0.5) is 13.2 Å². The fourth-order valence-corrected chi connectivity index (χ4v) is 0.693. The first-order valence-corrected chi connectivity index (χ1v) is 3.50. The van der Waals surface area contributed by atoms with Crippen LogP contribution >= 0.6 is 0 Å². The summed E-state index contributed by atoms with van der Waals surface area (Å²) in [6.07, 6.45) is -5.62. The van der Waals surface area contributed by atoms with Gasteiger partial charge in [-0.25, -0.2) is 0 Å². The fourth-order valence-electron chi connectivity index (χ4n) is 0.693. The van der Waals surface area contributed by atoms with Crippen molar-refractivity contribution in [3.05, 3.63) is 0 Å². The van der Waals surface area contributed by atoms with Crippen LogP contribution in [-0.4, -0.2) is 23.2 Å². The quantitative estimate of drug-likeness (QED) is 0.675. The van der Waals surface area contributed by atoms with Crippen LogP contribution in [0.15, 0.2) is 0 Å². The van der Waals surface area contributed by atoms with Gasteiger partial charge in [0.2, 0.25) is 0 Å². The molecule has 0 saturated heterocycles. The standard InChI is InChI=1S/C7H11F3O2/c1-6(12,4-5-11)2-3-7(8,9)10/h5,12H,2-4H2,1H3. The molecule has 1 atom stereocenters. The third-order valence-corrected chi connectivity index (χ3v) is 1.47. The van der Waals surface area contributed by atoms with Crippen LogP contribution in [0.2, 0.25) is 0 Å². The van der Waals surface area contributed by atoms with Crippen molar-refractivity contribution in [2.45, 2.75) is 38.0 Å². The Hall–Kier alpha value is -0.580. The lowest BCUT2D eigenvalue weighted by atomic mass is 9.97. The molecule has 5 heteroatoms. The number of aldehydes is 1. The Morgan fingerprint density at radius 2 is 1.83 bits per heavy atom. The number of aliphatic hydroxyl groups is 1. The molecule has 12 heavy (non-hydrogen) atoms. The third-order valence-electron chi connectivity index (χ3n) is 1.47. The van der Waals surface area contributed by atoms with Gasteiger partial charge in [-0.3, -0.25) is 0 Å². The number of carbonyl (C=O) groups is 1. The molecular weight excluding hydrogens is 173 g/mol. The second-order valence-corrected chi connectivity index (χ2v) is 2.98. The first-order valence-electron chi connectivity index (χ1n) is 3.50. The van der Waals surface area contributed by atoms with Gasteiger partial charge in [-0.15, -0.1) is 0 Å². The van der Waals surface area contributed by atoms with E-state index in [0.717, 1.165) is 0 Å². The topological polar surface area (TPSA) is 37.3 Å². The van der Waals surface area contributed by atoms with Crippen LogP contribution < -0.4 is 0 Å². The van der Waals surface area contributed by atoms with E-state index in [2.05, 4.69) is 0 Å². The molecule has 0 aliphatic heterocycles. The van der Waals surface area contributed by atoms with Gasteiger partial charge in [0.05, 0.1) is 5.60 Å². The summed E-state index contributed by atoms with van der Waals surface area (Å²) in [6, 6.07) is 0. The van der Waals surface area contributed by atoms with Crippen molar-refractivity contribution in [2.75, 3.05) is 0 Å². The van der Waals surface area contributed by atoms with Crippen molar-refractivity contribution in [1.29, 1.82) is 0 Å². The second-order valence-electron chi connectivity index (χ2n) is 2.98. The van der Waals surface area contributed by atoms with E-state index in [0.29, 0.717) is 6.29 Å². The average molecular weight is 184 g/mol. The Bertz CT molecular complexity index is 151. The van der Waals surface area contributed by atoms with Crippen LogP contribution in [0, 0.1) is 0 Å². The molecule has 0 aromatic rings. The number of halogens is 3. The lowest BCUT2D eigenvalue weighted by Crippen LogP contribution is -2.27. The highest BCUT2D eigenvalue weighted by Crippen LogP contribution is 2.26. The predicted octanol–water partition coefficient (Wildman–Crippen LogP) is 1.67. The van der Waals surface area contributed by atoms with Crippen LogP contribution in [0.1, 0.15) is 26.2 Å². The van der Waals surface area contributed by atoms with E-state index < -0.39 is 24.6 Å². The van der Waals surface area contributed by atoms with Crippen LogP contribution in [0.3, 0.4) is 0 Å². The Morgan fingerprint density at radius 1 is 1.33 bits per heavy atom. The van der Waals surface area contributed by atoms with Crippen molar-refractivity contribution >= 4 is 6.29 Å². The summed E-state index contributed by atoms with van der Waals surface area (Å²) in [5.74, 6) is 0.